The summed E-state index contributed by atoms with van der Waals surface area (Å²) in [5.74, 6) is 0.574. The zero-order valence-corrected chi connectivity index (χ0v) is 11.3. The number of hydrogen-bond acceptors (Lipinski definition) is 2. The van der Waals surface area contributed by atoms with Gasteiger partial charge in [-0.25, -0.2) is 0 Å². The molecule has 0 saturated carbocycles. The molecule has 0 spiro atoms. The lowest BCUT2D eigenvalue weighted by molar-refractivity contribution is 0.0672. The Bertz CT molecular complexity index is 441. The SMILES string of the molecule is Cc1nn(C)c(C(=O)N2CCC[C@H](C)C2)c1Cl. The van der Waals surface area contributed by atoms with E-state index < -0.39 is 0 Å². The van der Waals surface area contributed by atoms with Crippen molar-refractivity contribution in [3.8, 4) is 0 Å². The van der Waals surface area contributed by atoms with Crippen LogP contribution in [0.2, 0.25) is 5.02 Å². The zero-order valence-electron chi connectivity index (χ0n) is 10.5. The predicted octanol–water partition coefficient (Wildman–Crippen LogP) is 2.25. The Morgan fingerprint density at radius 1 is 1.53 bits per heavy atom. The third-order valence-electron chi connectivity index (χ3n) is 3.30. The molecule has 1 amide bonds. The minimum atomic E-state index is 0.00431. The van der Waals surface area contributed by atoms with Gasteiger partial charge in [-0.1, -0.05) is 18.5 Å². The van der Waals surface area contributed by atoms with Crippen LogP contribution in [-0.2, 0) is 7.05 Å². The maximum Gasteiger partial charge on any atom is 0.273 e. The van der Waals surface area contributed by atoms with Crippen LogP contribution in [0.1, 0.15) is 35.9 Å². The Hall–Kier alpha value is -1.03. The maximum absolute atomic E-state index is 12.4. The number of hydrogen-bond donors (Lipinski definition) is 0. The molecule has 1 aliphatic heterocycles. The van der Waals surface area contributed by atoms with E-state index in [4.69, 9.17) is 11.6 Å². The van der Waals surface area contributed by atoms with Gasteiger partial charge in [0.25, 0.3) is 5.91 Å². The lowest BCUT2D eigenvalue weighted by Gasteiger charge is -2.30. The molecule has 1 saturated heterocycles. The van der Waals surface area contributed by atoms with Gasteiger partial charge in [-0.05, 0) is 25.7 Å². The fourth-order valence-corrected chi connectivity index (χ4v) is 2.63. The summed E-state index contributed by atoms with van der Waals surface area (Å²) in [6, 6.07) is 0. The first kappa shape index (κ1) is 12.4. The van der Waals surface area contributed by atoms with Crippen LogP contribution in [0.3, 0.4) is 0 Å². The molecule has 94 valence electrons. The summed E-state index contributed by atoms with van der Waals surface area (Å²) >= 11 is 6.13. The average Bonchev–Trinajstić information content (AvgIpc) is 2.52. The van der Waals surface area contributed by atoms with E-state index in [0.29, 0.717) is 22.3 Å². The van der Waals surface area contributed by atoms with Crippen LogP contribution < -0.4 is 0 Å². The molecule has 1 aromatic heterocycles. The number of aryl methyl sites for hydroxylation is 2. The van der Waals surface area contributed by atoms with Crippen molar-refractivity contribution in [3.63, 3.8) is 0 Å². The van der Waals surface area contributed by atoms with E-state index in [1.165, 1.54) is 6.42 Å². The standard InChI is InChI=1S/C12H18ClN3O/c1-8-5-4-6-16(7-8)12(17)11-10(13)9(2)14-15(11)3/h8H,4-7H2,1-3H3/t8-/m0/s1. The summed E-state index contributed by atoms with van der Waals surface area (Å²) in [5, 5.41) is 4.66. The normalized spacial score (nSPS) is 20.7. The highest BCUT2D eigenvalue weighted by atomic mass is 35.5. The van der Waals surface area contributed by atoms with Crippen LogP contribution in [0.15, 0.2) is 0 Å². The minimum absolute atomic E-state index is 0.00431. The molecule has 4 nitrogen and oxygen atoms in total. The monoisotopic (exact) mass is 255 g/mol. The lowest BCUT2D eigenvalue weighted by Crippen LogP contribution is -2.40. The number of nitrogens with zero attached hydrogens (tertiary/aromatic N) is 3. The molecule has 0 unspecified atom stereocenters. The van der Waals surface area contributed by atoms with E-state index in [1.807, 2.05) is 11.8 Å². The molecular formula is C12H18ClN3O. The van der Waals surface area contributed by atoms with Crippen LogP contribution in [0.4, 0.5) is 0 Å². The van der Waals surface area contributed by atoms with Gasteiger partial charge in [0.05, 0.1) is 10.7 Å². The highest BCUT2D eigenvalue weighted by molar-refractivity contribution is 6.34. The van der Waals surface area contributed by atoms with Gasteiger partial charge < -0.3 is 4.90 Å². The summed E-state index contributed by atoms with van der Waals surface area (Å²) in [6.07, 6.45) is 2.27. The lowest BCUT2D eigenvalue weighted by atomic mass is 10.00. The largest absolute Gasteiger partial charge is 0.337 e. The number of piperidine rings is 1. The first-order chi connectivity index (χ1) is 8.00. The van der Waals surface area contributed by atoms with Crippen molar-refractivity contribution >= 4 is 17.5 Å². The zero-order chi connectivity index (χ0) is 12.6. The Balaban J connectivity index is 2.24. The number of carbonyl (C=O) groups excluding carboxylic acids is 1. The molecule has 1 atom stereocenters. The van der Waals surface area contributed by atoms with Crippen molar-refractivity contribution in [2.75, 3.05) is 13.1 Å². The van der Waals surface area contributed by atoms with Crippen LogP contribution in [-0.4, -0.2) is 33.7 Å². The van der Waals surface area contributed by atoms with Gasteiger partial charge in [-0.3, -0.25) is 9.48 Å². The predicted molar refractivity (Wildman–Crippen MR) is 67.3 cm³/mol. The van der Waals surface area contributed by atoms with Gasteiger partial charge in [0, 0.05) is 20.1 Å². The van der Waals surface area contributed by atoms with E-state index in [-0.39, 0.29) is 5.91 Å². The Kier molecular flexibility index (Phi) is 3.43. The van der Waals surface area contributed by atoms with Gasteiger partial charge in [0.15, 0.2) is 0 Å². The Morgan fingerprint density at radius 3 is 2.76 bits per heavy atom. The summed E-state index contributed by atoms with van der Waals surface area (Å²) in [7, 11) is 1.76. The Morgan fingerprint density at radius 2 is 2.24 bits per heavy atom. The Labute approximate surface area is 107 Å². The summed E-state index contributed by atoms with van der Waals surface area (Å²) in [4.78, 5) is 14.3. The van der Waals surface area contributed by atoms with E-state index in [2.05, 4.69) is 12.0 Å². The average molecular weight is 256 g/mol. The molecule has 0 bridgehead atoms. The van der Waals surface area contributed by atoms with Crippen molar-refractivity contribution in [1.82, 2.24) is 14.7 Å². The van der Waals surface area contributed by atoms with Gasteiger partial charge in [-0.15, -0.1) is 0 Å². The number of amides is 1. The van der Waals surface area contributed by atoms with Crippen molar-refractivity contribution in [2.24, 2.45) is 13.0 Å². The fourth-order valence-electron chi connectivity index (χ4n) is 2.39. The van der Waals surface area contributed by atoms with Crippen molar-refractivity contribution in [1.29, 1.82) is 0 Å². The molecule has 1 fully saturated rings. The quantitative estimate of drug-likeness (QED) is 0.772. The van der Waals surface area contributed by atoms with Crippen molar-refractivity contribution < 1.29 is 4.79 Å². The third kappa shape index (κ3) is 2.32. The molecule has 1 aliphatic rings. The molecule has 1 aromatic rings. The number of halogens is 1. The number of carbonyl (C=O) groups is 1. The molecule has 0 aliphatic carbocycles. The molecule has 0 radical (unpaired) electrons. The maximum atomic E-state index is 12.4. The summed E-state index contributed by atoms with van der Waals surface area (Å²) in [6.45, 7) is 5.64. The third-order valence-corrected chi connectivity index (χ3v) is 3.75. The second-order valence-electron chi connectivity index (χ2n) is 4.87. The highest BCUT2D eigenvalue weighted by Gasteiger charge is 2.27. The highest BCUT2D eigenvalue weighted by Crippen LogP contribution is 2.23. The van der Waals surface area contributed by atoms with Gasteiger partial charge >= 0.3 is 0 Å². The van der Waals surface area contributed by atoms with Crippen LogP contribution >= 0.6 is 11.6 Å². The topological polar surface area (TPSA) is 38.1 Å². The van der Waals surface area contributed by atoms with Crippen molar-refractivity contribution in [3.05, 3.63) is 16.4 Å². The van der Waals surface area contributed by atoms with E-state index in [9.17, 15) is 4.79 Å². The number of rotatable bonds is 1. The molecule has 2 heterocycles. The first-order valence-electron chi connectivity index (χ1n) is 5.99. The molecule has 5 heteroatoms. The second kappa shape index (κ2) is 4.69. The smallest absolute Gasteiger partial charge is 0.273 e. The molecular weight excluding hydrogens is 238 g/mol. The first-order valence-corrected chi connectivity index (χ1v) is 6.37. The number of likely N-dealkylation sites (tertiary alicyclic amines) is 1. The summed E-state index contributed by atoms with van der Waals surface area (Å²) < 4.78 is 1.58. The van der Waals surface area contributed by atoms with Crippen LogP contribution in [0.5, 0.6) is 0 Å². The molecule has 2 rings (SSSR count). The molecule has 0 aromatic carbocycles. The van der Waals surface area contributed by atoms with Crippen molar-refractivity contribution in [2.45, 2.75) is 26.7 Å². The molecule has 0 N–H and O–H groups in total. The van der Waals surface area contributed by atoms with Crippen LogP contribution in [0, 0.1) is 12.8 Å². The van der Waals surface area contributed by atoms with Gasteiger partial charge in [0.2, 0.25) is 0 Å². The van der Waals surface area contributed by atoms with E-state index >= 15 is 0 Å². The van der Waals surface area contributed by atoms with Crippen LogP contribution in [0.25, 0.3) is 0 Å². The summed E-state index contributed by atoms with van der Waals surface area (Å²) in [5.41, 5.74) is 1.22. The van der Waals surface area contributed by atoms with Gasteiger partial charge in [-0.2, -0.15) is 5.10 Å². The number of aromatic nitrogens is 2. The van der Waals surface area contributed by atoms with Gasteiger partial charge in [0.1, 0.15) is 5.69 Å². The fraction of sp³-hybridized carbons (Fsp3) is 0.667. The second-order valence-corrected chi connectivity index (χ2v) is 5.25. The minimum Gasteiger partial charge on any atom is -0.337 e. The molecule has 17 heavy (non-hydrogen) atoms. The van der Waals surface area contributed by atoms with E-state index in [1.54, 1.807) is 11.7 Å². The van der Waals surface area contributed by atoms with E-state index in [0.717, 1.165) is 19.5 Å².